The number of rotatable bonds is 4. The van der Waals surface area contributed by atoms with Crippen LogP contribution < -0.4 is 10.4 Å². The third kappa shape index (κ3) is 6.19. The van der Waals surface area contributed by atoms with Gasteiger partial charge < -0.3 is 14.2 Å². The molecule has 0 amide bonds. The maximum atomic E-state index is 6.53. The van der Waals surface area contributed by atoms with Crippen LogP contribution in [0, 0.1) is 0 Å². The molecule has 0 bridgehead atoms. The van der Waals surface area contributed by atoms with Crippen molar-refractivity contribution in [2.75, 3.05) is 4.90 Å². The quantitative estimate of drug-likeness (QED) is 0.308. The van der Waals surface area contributed by atoms with Crippen molar-refractivity contribution in [1.82, 2.24) is 0 Å². The summed E-state index contributed by atoms with van der Waals surface area (Å²) in [6.07, 6.45) is 0. The average molecular weight is 540 g/mol. The van der Waals surface area contributed by atoms with Gasteiger partial charge in [-0.15, -0.1) is 0 Å². The summed E-state index contributed by atoms with van der Waals surface area (Å²) in [6.45, 7) is 28.8. The fourth-order valence-corrected chi connectivity index (χ4v) is 4.98. The van der Waals surface area contributed by atoms with Crippen molar-refractivity contribution in [3.05, 3.63) is 83.4 Å². The summed E-state index contributed by atoms with van der Waals surface area (Å²) in [4.78, 5) is 2.36. The molecule has 4 rings (SSSR count). The SMILES string of the molecule is CC(C)(C)c1ccc(N(c2ccc(C(C)(C)C)cc2)c2cc(B3OC(C)(C)C(C)(C)O3)cc(C(C)(C)C)c2)cc1. The fraction of sp³-hybridized carbons (Fsp3) is 0.500. The Morgan fingerprint density at radius 1 is 0.500 bits per heavy atom. The minimum atomic E-state index is -0.431. The zero-order valence-corrected chi connectivity index (χ0v) is 27.2. The Balaban J connectivity index is 1.91. The Hall–Kier alpha value is -2.56. The smallest absolute Gasteiger partial charge is 0.399 e. The summed E-state index contributed by atoms with van der Waals surface area (Å²) in [6, 6.07) is 24.8. The lowest BCUT2D eigenvalue weighted by Gasteiger charge is -2.32. The van der Waals surface area contributed by atoms with Crippen molar-refractivity contribution < 1.29 is 9.31 Å². The largest absolute Gasteiger partial charge is 0.494 e. The predicted molar refractivity (Wildman–Crippen MR) is 173 cm³/mol. The lowest BCUT2D eigenvalue weighted by molar-refractivity contribution is 0.00578. The number of benzene rings is 3. The Kier molecular flexibility index (Phi) is 7.65. The first kappa shape index (κ1) is 30.4. The van der Waals surface area contributed by atoms with E-state index in [2.05, 4.69) is 162 Å². The van der Waals surface area contributed by atoms with Gasteiger partial charge in [-0.2, -0.15) is 0 Å². The van der Waals surface area contributed by atoms with E-state index >= 15 is 0 Å². The summed E-state index contributed by atoms with van der Waals surface area (Å²) in [5.41, 5.74) is 7.62. The molecule has 1 aliphatic heterocycles. The molecule has 3 nitrogen and oxygen atoms in total. The molecule has 40 heavy (non-hydrogen) atoms. The van der Waals surface area contributed by atoms with Crippen LogP contribution in [0.5, 0.6) is 0 Å². The number of hydrogen-bond donors (Lipinski definition) is 0. The highest BCUT2D eigenvalue weighted by atomic mass is 16.7. The lowest BCUT2D eigenvalue weighted by atomic mass is 9.75. The molecular weight excluding hydrogens is 489 g/mol. The zero-order valence-electron chi connectivity index (χ0n) is 27.2. The molecule has 1 heterocycles. The molecule has 1 aliphatic rings. The molecule has 0 spiro atoms. The zero-order chi connectivity index (χ0) is 29.9. The van der Waals surface area contributed by atoms with E-state index in [0.717, 1.165) is 22.5 Å². The van der Waals surface area contributed by atoms with E-state index in [1.54, 1.807) is 0 Å². The van der Waals surface area contributed by atoms with Gasteiger partial charge in [0, 0.05) is 17.1 Å². The van der Waals surface area contributed by atoms with Crippen LogP contribution in [-0.4, -0.2) is 18.3 Å². The summed E-state index contributed by atoms with van der Waals surface area (Å²) in [5, 5.41) is 0. The first-order valence-electron chi connectivity index (χ1n) is 14.7. The molecule has 3 aromatic carbocycles. The molecule has 0 radical (unpaired) electrons. The van der Waals surface area contributed by atoms with E-state index in [1.807, 2.05) is 0 Å². The molecule has 1 saturated heterocycles. The third-order valence-electron chi connectivity index (χ3n) is 8.57. The maximum Gasteiger partial charge on any atom is 0.494 e. The second-order valence-electron chi connectivity index (χ2n) is 15.6. The minimum absolute atomic E-state index is 0.0494. The predicted octanol–water partition coefficient (Wildman–Crippen LogP) is 9.35. The summed E-state index contributed by atoms with van der Waals surface area (Å²) < 4.78 is 13.1. The molecule has 0 atom stereocenters. The Morgan fingerprint density at radius 2 is 0.875 bits per heavy atom. The van der Waals surface area contributed by atoms with Gasteiger partial charge >= 0.3 is 7.12 Å². The van der Waals surface area contributed by atoms with Gasteiger partial charge in [0.15, 0.2) is 0 Å². The Morgan fingerprint density at radius 3 is 1.23 bits per heavy atom. The maximum absolute atomic E-state index is 6.53. The molecule has 0 saturated carbocycles. The topological polar surface area (TPSA) is 21.7 Å². The second-order valence-corrected chi connectivity index (χ2v) is 15.6. The monoisotopic (exact) mass is 539 g/mol. The van der Waals surface area contributed by atoms with Crippen molar-refractivity contribution in [1.29, 1.82) is 0 Å². The summed E-state index contributed by atoms with van der Waals surface area (Å²) in [7, 11) is -0.431. The first-order chi connectivity index (χ1) is 18.2. The van der Waals surface area contributed by atoms with Crippen molar-refractivity contribution >= 4 is 29.6 Å². The van der Waals surface area contributed by atoms with Crippen molar-refractivity contribution in [3.8, 4) is 0 Å². The molecule has 214 valence electrons. The van der Waals surface area contributed by atoms with Gasteiger partial charge in [-0.1, -0.05) is 92.6 Å². The molecule has 1 fully saturated rings. The van der Waals surface area contributed by atoms with Gasteiger partial charge in [0.05, 0.1) is 11.2 Å². The minimum Gasteiger partial charge on any atom is -0.399 e. The number of anilines is 3. The van der Waals surface area contributed by atoms with Crippen LogP contribution >= 0.6 is 0 Å². The van der Waals surface area contributed by atoms with Gasteiger partial charge in [0.2, 0.25) is 0 Å². The average Bonchev–Trinajstić information content (AvgIpc) is 3.05. The molecular formula is C36H50BNO2. The highest BCUT2D eigenvalue weighted by Crippen LogP contribution is 2.40. The van der Waals surface area contributed by atoms with E-state index in [-0.39, 0.29) is 16.2 Å². The molecule has 3 aromatic rings. The Bertz CT molecular complexity index is 1260. The van der Waals surface area contributed by atoms with Crippen LogP contribution in [0.25, 0.3) is 0 Å². The summed E-state index contributed by atoms with van der Waals surface area (Å²) in [5.74, 6) is 0. The van der Waals surface area contributed by atoms with Crippen molar-refractivity contribution in [2.45, 2.75) is 117 Å². The summed E-state index contributed by atoms with van der Waals surface area (Å²) >= 11 is 0. The number of hydrogen-bond acceptors (Lipinski definition) is 3. The molecule has 4 heteroatoms. The van der Waals surface area contributed by atoms with E-state index in [4.69, 9.17) is 9.31 Å². The van der Waals surface area contributed by atoms with Crippen LogP contribution in [0.3, 0.4) is 0 Å². The van der Waals surface area contributed by atoms with Crippen LogP contribution in [0.15, 0.2) is 66.7 Å². The lowest BCUT2D eigenvalue weighted by Crippen LogP contribution is -2.41. The van der Waals surface area contributed by atoms with Crippen LogP contribution in [0.1, 0.15) is 107 Å². The van der Waals surface area contributed by atoms with Crippen molar-refractivity contribution in [3.63, 3.8) is 0 Å². The highest BCUT2D eigenvalue weighted by Gasteiger charge is 2.52. The molecule has 0 unspecified atom stereocenters. The van der Waals surface area contributed by atoms with Gasteiger partial charge in [0.1, 0.15) is 0 Å². The van der Waals surface area contributed by atoms with Crippen LogP contribution in [0.2, 0.25) is 0 Å². The highest BCUT2D eigenvalue weighted by molar-refractivity contribution is 6.62. The molecule has 0 aliphatic carbocycles. The van der Waals surface area contributed by atoms with E-state index < -0.39 is 18.3 Å². The van der Waals surface area contributed by atoms with Crippen molar-refractivity contribution in [2.24, 2.45) is 0 Å². The van der Waals surface area contributed by atoms with Gasteiger partial charge in [0.25, 0.3) is 0 Å². The standard InChI is InChI=1S/C36H50BNO2/c1-32(2,3)25-14-18-29(19-15-25)38(30-20-16-26(17-21-30)33(4,5)6)31-23-27(34(7,8)9)22-28(24-31)37-39-35(10,11)36(12,13)40-37/h14-24H,1-13H3. The number of nitrogens with zero attached hydrogens (tertiary/aromatic N) is 1. The van der Waals surface area contributed by atoms with Crippen LogP contribution in [-0.2, 0) is 25.6 Å². The Labute approximate surface area is 244 Å². The van der Waals surface area contributed by atoms with Gasteiger partial charge in [-0.25, -0.2) is 0 Å². The van der Waals surface area contributed by atoms with Gasteiger partial charge in [-0.05, 0) is 102 Å². The fourth-order valence-electron chi connectivity index (χ4n) is 4.98. The normalized spacial score (nSPS) is 17.3. The van der Waals surface area contributed by atoms with Crippen LogP contribution in [0.4, 0.5) is 17.1 Å². The second kappa shape index (κ2) is 10.1. The van der Waals surface area contributed by atoms with E-state index in [9.17, 15) is 0 Å². The first-order valence-corrected chi connectivity index (χ1v) is 14.7. The van der Waals surface area contributed by atoms with E-state index in [0.29, 0.717) is 0 Å². The van der Waals surface area contributed by atoms with Gasteiger partial charge in [-0.3, -0.25) is 0 Å². The third-order valence-corrected chi connectivity index (χ3v) is 8.57. The molecule has 0 N–H and O–H groups in total. The molecule has 0 aromatic heterocycles. The van der Waals surface area contributed by atoms with E-state index in [1.165, 1.54) is 16.7 Å².